The molecule has 0 spiro atoms. The fraction of sp³-hybridized carbons (Fsp3) is 0.222. The Labute approximate surface area is 145 Å². The van der Waals surface area contributed by atoms with Gasteiger partial charge in [0.2, 0.25) is 0 Å². The summed E-state index contributed by atoms with van der Waals surface area (Å²) in [6, 6.07) is 5.87. The van der Waals surface area contributed by atoms with Crippen LogP contribution in [-0.2, 0) is 0 Å². The summed E-state index contributed by atoms with van der Waals surface area (Å²) >= 11 is 7.39. The van der Waals surface area contributed by atoms with Crippen LogP contribution in [0.2, 0.25) is 5.15 Å². The van der Waals surface area contributed by atoms with Gasteiger partial charge in [0, 0.05) is 10.9 Å². The van der Waals surface area contributed by atoms with Crippen molar-refractivity contribution in [2.45, 2.75) is 27.7 Å². The summed E-state index contributed by atoms with van der Waals surface area (Å²) in [4.78, 5) is 8.78. The smallest absolute Gasteiger partial charge is 0.187 e. The van der Waals surface area contributed by atoms with Crippen LogP contribution in [0.4, 0.5) is 10.8 Å². The summed E-state index contributed by atoms with van der Waals surface area (Å²) < 4.78 is 0. The lowest BCUT2D eigenvalue weighted by Gasteiger charge is -2.12. The maximum Gasteiger partial charge on any atom is 0.187 e. The summed E-state index contributed by atoms with van der Waals surface area (Å²) in [5, 5.41) is 6.68. The van der Waals surface area contributed by atoms with Crippen molar-refractivity contribution >= 4 is 33.8 Å². The van der Waals surface area contributed by atoms with Gasteiger partial charge in [-0.1, -0.05) is 11.6 Å². The standard InChI is InChI=1S/C18H18ClN3S/c1-10-7-15(13(4)12(3)11(10)2)16-9-23-18(22-16)21-14-5-6-17(19)20-8-14/h5-9H,1-4H3,(H,21,22). The van der Waals surface area contributed by atoms with Gasteiger partial charge in [-0.15, -0.1) is 11.3 Å². The molecule has 3 rings (SSSR count). The molecule has 0 saturated heterocycles. The van der Waals surface area contributed by atoms with Crippen LogP contribution in [0.3, 0.4) is 0 Å². The van der Waals surface area contributed by atoms with Crippen molar-refractivity contribution in [3.8, 4) is 11.3 Å². The van der Waals surface area contributed by atoms with E-state index in [1.54, 1.807) is 23.6 Å². The van der Waals surface area contributed by atoms with Crippen LogP contribution in [0.25, 0.3) is 11.3 Å². The van der Waals surface area contributed by atoms with E-state index in [-0.39, 0.29) is 0 Å². The number of anilines is 2. The number of rotatable bonds is 3. The van der Waals surface area contributed by atoms with E-state index in [9.17, 15) is 0 Å². The van der Waals surface area contributed by atoms with Crippen LogP contribution in [0.5, 0.6) is 0 Å². The Hall–Kier alpha value is -1.91. The normalized spacial score (nSPS) is 10.8. The monoisotopic (exact) mass is 343 g/mol. The highest BCUT2D eigenvalue weighted by molar-refractivity contribution is 7.14. The van der Waals surface area contributed by atoms with Crippen molar-refractivity contribution in [3.05, 3.63) is 57.2 Å². The number of aromatic nitrogens is 2. The highest BCUT2D eigenvalue weighted by atomic mass is 35.5. The van der Waals surface area contributed by atoms with Gasteiger partial charge >= 0.3 is 0 Å². The van der Waals surface area contributed by atoms with Crippen LogP contribution in [0.1, 0.15) is 22.3 Å². The van der Waals surface area contributed by atoms with Gasteiger partial charge in [-0.2, -0.15) is 0 Å². The first-order chi connectivity index (χ1) is 11.0. The zero-order valence-electron chi connectivity index (χ0n) is 13.6. The average molecular weight is 344 g/mol. The molecule has 0 aliphatic carbocycles. The molecule has 1 aromatic carbocycles. The van der Waals surface area contributed by atoms with E-state index in [2.05, 4.69) is 49.4 Å². The van der Waals surface area contributed by atoms with Crippen molar-refractivity contribution in [1.82, 2.24) is 9.97 Å². The van der Waals surface area contributed by atoms with E-state index < -0.39 is 0 Å². The lowest BCUT2D eigenvalue weighted by Crippen LogP contribution is -1.95. The lowest BCUT2D eigenvalue weighted by atomic mass is 9.93. The van der Waals surface area contributed by atoms with E-state index in [0.717, 1.165) is 16.5 Å². The first-order valence-electron chi connectivity index (χ1n) is 7.37. The van der Waals surface area contributed by atoms with Crippen LogP contribution in [0, 0.1) is 27.7 Å². The minimum absolute atomic E-state index is 0.483. The molecule has 3 aromatic rings. The number of nitrogens with zero attached hydrogens (tertiary/aromatic N) is 2. The van der Waals surface area contributed by atoms with Crippen molar-refractivity contribution < 1.29 is 0 Å². The number of pyridine rings is 1. The number of thiazole rings is 1. The summed E-state index contributed by atoms with van der Waals surface area (Å²) in [5.41, 5.74) is 8.36. The van der Waals surface area contributed by atoms with E-state index in [1.165, 1.54) is 27.8 Å². The minimum Gasteiger partial charge on any atom is -0.330 e. The summed E-state index contributed by atoms with van der Waals surface area (Å²) in [5.74, 6) is 0. The van der Waals surface area contributed by atoms with E-state index >= 15 is 0 Å². The number of benzene rings is 1. The molecule has 0 radical (unpaired) electrons. The SMILES string of the molecule is Cc1cc(-c2csc(Nc3ccc(Cl)nc3)n2)c(C)c(C)c1C. The third-order valence-electron chi connectivity index (χ3n) is 4.24. The van der Waals surface area contributed by atoms with Crippen molar-refractivity contribution in [3.63, 3.8) is 0 Å². The van der Waals surface area contributed by atoms with Crippen molar-refractivity contribution in [1.29, 1.82) is 0 Å². The van der Waals surface area contributed by atoms with Crippen LogP contribution in [0.15, 0.2) is 29.8 Å². The first kappa shape index (κ1) is 16.0. The molecule has 5 heteroatoms. The molecule has 0 aliphatic rings. The van der Waals surface area contributed by atoms with Gasteiger partial charge in [-0.3, -0.25) is 0 Å². The molecule has 0 atom stereocenters. The van der Waals surface area contributed by atoms with Crippen LogP contribution >= 0.6 is 22.9 Å². The number of halogens is 1. The number of hydrogen-bond acceptors (Lipinski definition) is 4. The number of hydrogen-bond donors (Lipinski definition) is 1. The van der Waals surface area contributed by atoms with Gasteiger partial charge in [-0.05, 0) is 68.1 Å². The molecule has 0 bridgehead atoms. The lowest BCUT2D eigenvalue weighted by molar-refractivity contribution is 1.21. The molecule has 0 saturated carbocycles. The Morgan fingerprint density at radius 2 is 1.83 bits per heavy atom. The van der Waals surface area contributed by atoms with Gasteiger partial charge in [0.15, 0.2) is 5.13 Å². The summed E-state index contributed by atoms with van der Waals surface area (Å²) in [6.07, 6.45) is 1.70. The van der Waals surface area contributed by atoms with Crippen molar-refractivity contribution in [2.24, 2.45) is 0 Å². The third kappa shape index (κ3) is 3.23. The Kier molecular flexibility index (Phi) is 4.37. The fourth-order valence-corrected chi connectivity index (χ4v) is 3.35. The highest BCUT2D eigenvalue weighted by Gasteiger charge is 2.12. The maximum atomic E-state index is 5.81. The molecule has 1 N–H and O–H groups in total. The van der Waals surface area contributed by atoms with Gasteiger partial charge in [0.1, 0.15) is 5.15 Å². The molecule has 2 heterocycles. The average Bonchev–Trinajstić information content (AvgIpc) is 2.99. The van der Waals surface area contributed by atoms with E-state index in [0.29, 0.717) is 5.15 Å². The topological polar surface area (TPSA) is 37.8 Å². The number of nitrogens with one attached hydrogen (secondary N) is 1. The molecule has 0 unspecified atom stereocenters. The fourth-order valence-electron chi connectivity index (χ4n) is 2.51. The van der Waals surface area contributed by atoms with E-state index in [4.69, 9.17) is 16.6 Å². The second-order valence-corrected chi connectivity index (χ2v) is 6.89. The van der Waals surface area contributed by atoms with Gasteiger partial charge in [0.25, 0.3) is 0 Å². The van der Waals surface area contributed by atoms with Gasteiger partial charge in [-0.25, -0.2) is 9.97 Å². The molecular weight excluding hydrogens is 326 g/mol. The Bertz CT molecular complexity index is 853. The number of aryl methyl sites for hydroxylation is 1. The zero-order valence-corrected chi connectivity index (χ0v) is 15.1. The molecule has 2 aromatic heterocycles. The van der Waals surface area contributed by atoms with Gasteiger partial charge < -0.3 is 5.32 Å². The predicted molar refractivity (Wildman–Crippen MR) is 99.0 cm³/mol. The zero-order chi connectivity index (χ0) is 16.6. The Morgan fingerprint density at radius 3 is 2.52 bits per heavy atom. The summed E-state index contributed by atoms with van der Waals surface area (Å²) in [7, 11) is 0. The second-order valence-electron chi connectivity index (χ2n) is 5.65. The second kappa shape index (κ2) is 6.30. The minimum atomic E-state index is 0.483. The van der Waals surface area contributed by atoms with E-state index in [1.807, 2.05) is 6.07 Å². The van der Waals surface area contributed by atoms with Crippen molar-refractivity contribution in [2.75, 3.05) is 5.32 Å². The molecule has 0 fully saturated rings. The van der Waals surface area contributed by atoms with Crippen LogP contribution < -0.4 is 5.32 Å². The molecule has 23 heavy (non-hydrogen) atoms. The Balaban J connectivity index is 1.92. The molecular formula is C18H18ClN3S. The Morgan fingerprint density at radius 1 is 1.04 bits per heavy atom. The third-order valence-corrected chi connectivity index (χ3v) is 5.22. The molecule has 3 nitrogen and oxygen atoms in total. The first-order valence-corrected chi connectivity index (χ1v) is 8.63. The van der Waals surface area contributed by atoms with Gasteiger partial charge in [0.05, 0.1) is 17.6 Å². The maximum absolute atomic E-state index is 5.81. The summed E-state index contributed by atoms with van der Waals surface area (Å²) in [6.45, 7) is 8.65. The van der Waals surface area contributed by atoms with Crippen LogP contribution in [-0.4, -0.2) is 9.97 Å². The molecule has 0 aliphatic heterocycles. The highest BCUT2D eigenvalue weighted by Crippen LogP contribution is 2.32. The quantitative estimate of drug-likeness (QED) is 0.607. The largest absolute Gasteiger partial charge is 0.330 e. The molecule has 118 valence electrons. The molecule has 0 amide bonds. The predicted octanol–water partition coefficient (Wildman–Crippen LogP) is 5.84.